The second-order valence-corrected chi connectivity index (χ2v) is 5.71. The summed E-state index contributed by atoms with van der Waals surface area (Å²) in [6, 6.07) is -0.0162. The molecule has 0 aromatic carbocycles. The molecule has 0 atom stereocenters. The summed E-state index contributed by atoms with van der Waals surface area (Å²) in [6.07, 6.45) is 1.26. The molecule has 1 aromatic heterocycles. The predicted octanol–water partition coefficient (Wildman–Crippen LogP) is -0.142. The van der Waals surface area contributed by atoms with Crippen LogP contribution < -0.4 is 0 Å². The van der Waals surface area contributed by atoms with E-state index >= 15 is 0 Å². The molecule has 0 amide bonds. The SMILES string of the molecule is CC(C)n1ncnc1CS(=O)(=O)CC(=O)O. The zero-order chi connectivity index (χ0) is 12.3. The summed E-state index contributed by atoms with van der Waals surface area (Å²) in [4.78, 5) is 14.1. The average Bonchev–Trinajstić information content (AvgIpc) is 2.48. The maximum absolute atomic E-state index is 11.4. The summed E-state index contributed by atoms with van der Waals surface area (Å²) in [5.74, 6) is -2.40. The van der Waals surface area contributed by atoms with E-state index in [4.69, 9.17) is 5.11 Å². The first-order chi connectivity index (χ1) is 7.32. The van der Waals surface area contributed by atoms with E-state index in [2.05, 4.69) is 10.1 Å². The lowest BCUT2D eigenvalue weighted by Crippen LogP contribution is -2.20. The van der Waals surface area contributed by atoms with E-state index in [-0.39, 0.29) is 11.9 Å². The van der Waals surface area contributed by atoms with Crippen LogP contribution in [0.15, 0.2) is 6.33 Å². The molecule has 0 saturated heterocycles. The fraction of sp³-hybridized carbons (Fsp3) is 0.625. The first-order valence-electron chi connectivity index (χ1n) is 4.62. The molecule has 8 heteroatoms. The van der Waals surface area contributed by atoms with Gasteiger partial charge < -0.3 is 5.11 Å². The third-order valence-electron chi connectivity index (χ3n) is 1.83. The first-order valence-corrected chi connectivity index (χ1v) is 6.44. The molecule has 16 heavy (non-hydrogen) atoms. The van der Waals surface area contributed by atoms with E-state index in [1.807, 2.05) is 13.8 Å². The molecule has 1 N–H and O–H groups in total. The smallest absolute Gasteiger partial charge is 0.318 e. The van der Waals surface area contributed by atoms with Crippen molar-refractivity contribution in [1.82, 2.24) is 14.8 Å². The molecular weight excluding hydrogens is 234 g/mol. The molecule has 1 heterocycles. The number of aliphatic carboxylic acids is 1. The van der Waals surface area contributed by atoms with Gasteiger partial charge in [-0.25, -0.2) is 18.1 Å². The molecule has 1 aromatic rings. The van der Waals surface area contributed by atoms with Crippen molar-refractivity contribution >= 4 is 15.8 Å². The number of nitrogens with zero attached hydrogens (tertiary/aromatic N) is 3. The van der Waals surface area contributed by atoms with Crippen LogP contribution in [0.4, 0.5) is 0 Å². The highest BCUT2D eigenvalue weighted by molar-refractivity contribution is 7.91. The Morgan fingerprint density at radius 3 is 2.69 bits per heavy atom. The summed E-state index contributed by atoms with van der Waals surface area (Å²) in [5, 5.41) is 12.3. The minimum atomic E-state index is -3.68. The molecule has 1 rings (SSSR count). The maximum Gasteiger partial charge on any atom is 0.318 e. The van der Waals surface area contributed by atoms with Gasteiger partial charge in [0.2, 0.25) is 0 Å². The number of aromatic nitrogens is 3. The predicted molar refractivity (Wildman–Crippen MR) is 55.5 cm³/mol. The summed E-state index contributed by atoms with van der Waals surface area (Å²) >= 11 is 0. The van der Waals surface area contributed by atoms with Gasteiger partial charge in [-0.15, -0.1) is 0 Å². The Balaban J connectivity index is 2.88. The Morgan fingerprint density at radius 1 is 1.56 bits per heavy atom. The molecule has 0 bridgehead atoms. The van der Waals surface area contributed by atoms with E-state index in [1.165, 1.54) is 11.0 Å². The Morgan fingerprint density at radius 2 is 2.19 bits per heavy atom. The second-order valence-electron chi connectivity index (χ2n) is 3.64. The van der Waals surface area contributed by atoms with E-state index in [0.717, 1.165) is 0 Å². The normalized spacial score (nSPS) is 11.9. The van der Waals surface area contributed by atoms with Crippen LogP contribution in [-0.2, 0) is 20.4 Å². The minimum absolute atomic E-state index is 0.0162. The van der Waals surface area contributed by atoms with Crippen molar-refractivity contribution in [2.24, 2.45) is 0 Å². The van der Waals surface area contributed by atoms with Gasteiger partial charge in [-0.05, 0) is 13.8 Å². The third-order valence-corrected chi connectivity index (χ3v) is 3.21. The molecule has 7 nitrogen and oxygen atoms in total. The monoisotopic (exact) mass is 247 g/mol. The maximum atomic E-state index is 11.4. The lowest BCUT2D eigenvalue weighted by atomic mass is 10.4. The van der Waals surface area contributed by atoms with Gasteiger partial charge in [0.1, 0.15) is 23.7 Å². The van der Waals surface area contributed by atoms with Gasteiger partial charge in [0.25, 0.3) is 0 Å². The van der Waals surface area contributed by atoms with Crippen LogP contribution in [0.5, 0.6) is 0 Å². The third kappa shape index (κ3) is 3.30. The molecule has 0 spiro atoms. The van der Waals surface area contributed by atoms with Crippen LogP contribution in [0.25, 0.3) is 0 Å². The Labute approximate surface area is 93.0 Å². The highest BCUT2D eigenvalue weighted by Crippen LogP contribution is 2.09. The first kappa shape index (κ1) is 12.6. The number of carbonyl (C=O) groups is 1. The molecule has 0 saturated carbocycles. The van der Waals surface area contributed by atoms with Gasteiger partial charge in [0.05, 0.1) is 0 Å². The quantitative estimate of drug-likeness (QED) is 0.776. The molecular formula is C8H13N3O4S. The fourth-order valence-corrected chi connectivity index (χ4v) is 2.32. The lowest BCUT2D eigenvalue weighted by molar-refractivity contribution is -0.134. The number of hydrogen-bond donors (Lipinski definition) is 1. The van der Waals surface area contributed by atoms with Gasteiger partial charge >= 0.3 is 5.97 Å². The highest BCUT2D eigenvalue weighted by Gasteiger charge is 2.20. The van der Waals surface area contributed by atoms with E-state index in [0.29, 0.717) is 0 Å². The van der Waals surface area contributed by atoms with Crippen molar-refractivity contribution in [3.8, 4) is 0 Å². The van der Waals surface area contributed by atoms with Crippen molar-refractivity contribution in [3.63, 3.8) is 0 Å². The number of carboxylic acid groups (broad SMARTS) is 1. The topological polar surface area (TPSA) is 102 Å². The van der Waals surface area contributed by atoms with Crippen molar-refractivity contribution in [2.45, 2.75) is 25.6 Å². The van der Waals surface area contributed by atoms with E-state index in [1.54, 1.807) is 0 Å². The van der Waals surface area contributed by atoms with E-state index < -0.39 is 27.3 Å². The molecule has 0 aliphatic heterocycles. The summed E-state index contributed by atoms with van der Waals surface area (Å²) in [7, 11) is -3.68. The summed E-state index contributed by atoms with van der Waals surface area (Å²) < 4.78 is 24.3. The molecule has 0 unspecified atom stereocenters. The zero-order valence-corrected chi connectivity index (χ0v) is 9.81. The Hall–Kier alpha value is -1.44. The fourth-order valence-electron chi connectivity index (χ4n) is 1.24. The Bertz CT molecular complexity index is 477. The highest BCUT2D eigenvalue weighted by atomic mass is 32.2. The van der Waals surface area contributed by atoms with Crippen LogP contribution >= 0.6 is 0 Å². The summed E-state index contributed by atoms with van der Waals surface area (Å²) in [5.41, 5.74) is 0. The van der Waals surface area contributed by atoms with Crippen LogP contribution in [0.3, 0.4) is 0 Å². The van der Waals surface area contributed by atoms with Crippen molar-refractivity contribution in [1.29, 1.82) is 0 Å². The minimum Gasteiger partial charge on any atom is -0.480 e. The van der Waals surface area contributed by atoms with Crippen LogP contribution in [0.2, 0.25) is 0 Å². The second kappa shape index (κ2) is 4.60. The van der Waals surface area contributed by atoms with Gasteiger partial charge in [-0.1, -0.05) is 0 Å². The number of sulfone groups is 1. The summed E-state index contributed by atoms with van der Waals surface area (Å²) in [6.45, 7) is 3.67. The molecule has 0 radical (unpaired) electrons. The standard InChI is InChI=1S/C8H13N3O4S/c1-6(2)11-7(9-5-10-11)3-16(14,15)4-8(12)13/h5-6H,3-4H2,1-2H3,(H,12,13). The average molecular weight is 247 g/mol. The molecule has 0 fully saturated rings. The number of rotatable bonds is 5. The van der Waals surface area contributed by atoms with Gasteiger partial charge in [0, 0.05) is 6.04 Å². The molecule has 0 aliphatic carbocycles. The van der Waals surface area contributed by atoms with Crippen molar-refractivity contribution in [2.75, 3.05) is 5.75 Å². The van der Waals surface area contributed by atoms with Crippen molar-refractivity contribution in [3.05, 3.63) is 12.2 Å². The number of hydrogen-bond acceptors (Lipinski definition) is 5. The Kier molecular flexibility index (Phi) is 3.63. The van der Waals surface area contributed by atoms with Gasteiger partial charge in [-0.3, -0.25) is 4.79 Å². The number of carboxylic acids is 1. The van der Waals surface area contributed by atoms with Crippen LogP contribution in [-0.4, -0.2) is 40.0 Å². The lowest BCUT2D eigenvalue weighted by Gasteiger charge is -2.08. The van der Waals surface area contributed by atoms with Gasteiger partial charge in [-0.2, -0.15) is 5.10 Å². The van der Waals surface area contributed by atoms with Crippen LogP contribution in [0.1, 0.15) is 25.7 Å². The molecule has 90 valence electrons. The van der Waals surface area contributed by atoms with Gasteiger partial charge in [0.15, 0.2) is 9.84 Å². The zero-order valence-electron chi connectivity index (χ0n) is 8.99. The molecule has 0 aliphatic rings. The van der Waals surface area contributed by atoms with E-state index in [9.17, 15) is 13.2 Å². The van der Waals surface area contributed by atoms with Crippen molar-refractivity contribution < 1.29 is 18.3 Å². The largest absolute Gasteiger partial charge is 0.480 e. The van der Waals surface area contributed by atoms with Crippen LogP contribution in [0, 0.1) is 0 Å².